The zero-order valence-corrected chi connectivity index (χ0v) is 13.5. The van der Waals surface area contributed by atoms with Gasteiger partial charge in [-0.15, -0.1) is 5.10 Å². The van der Waals surface area contributed by atoms with E-state index in [1.165, 1.54) is 12.7 Å². The Morgan fingerprint density at radius 1 is 1.39 bits per heavy atom. The number of carbonyl (C=O) groups is 1. The summed E-state index contributed by atoms with van der Waals surface area (Å²) in [6.07, 6.45) is 5.48. The standard InChI is InChI=1S/C16H21N5O2/c1-12-13(4-3-7-17-12)10-20-8-5-14(6-9-20)21-11-15(18-19-21)16(22)23-2/h3-4,7,11,14H,5-6,8-10H2,1-2H3. The fourth-order valence-electron chi connectivity index (χ4n) is 2.92. The normalized spacial score (nSPS) is 16.4. The lowest BCUT2D eigenvalue weighted by Gasteiger charge is -2.31. The molecule has 2 aromatic rings. The highest BCUT2D eigenvalue weighted by molar-refractivity contribution is 5.86. The zero-order chi connectivity index (χ0) is 16.2. The number of likely N-dealkylation sites (tertiary alicyclic amines) is 1. The van der Waals surface area contributed by atoms with Crippen LogP contribution in [0.1, 0.15) is 40.6 Å². The smallest absolute Gasteiger partial charge is 0.360 e. The molecule has 1 saturated heterocycles. The lowest BCUT2D eigenvalue weighted by molar-refractivity contribution is 0.0594. The average molecular weight is 315 g/mol. The first-order valence-electron chi connectivity index (χ1n) is 7.80. The summed E-state index contributed by atoms with van der Waals surface area (Å²) in [5.74, 6) is -0.444. The molecule has 1 aliphatic rings. The third-order valence-electron chi connectivity index (χ3n) is 4.35. The first-order chi connectivity index (χ1) is 11.2. The van der Waals surface area contributed by atoms with Crippen LogP contribution in [0.5, 0.6) is 0 Å². The molecule has 0 unspecified atom stereocenters. The van der Waals surface area contributed by atoms with Crippen molar-refractivity contribution in [2.24, 2.45) is 0 Å². The molecule has 3 rings (SSSR count). The van der Waals surface area contributed by atoms with E-state index in [2.05, 4.69) is 31.0 Å². The van der Waals surface area contributed by atoms with E-state index in [1.807, 2.05) is 19.2 Å². The minimum Gasteiger partial charge on any atom is -0.464 e. The van der Waals surface area contributed by atoms with Gasteiger partial charge in [-0.05, 0) is 31.4 Å². The first kappa shape index (κ1) is 15.6. The molecule has 0 atom stereocenters. The molecule has 0 saturated carbocycles. The van der Waals surface area contributed by atoms with Gasteiger partial charge in [0.15, 0.2) is 5.69 Å². The number of nitrogens with zero attached hydrogens (tertiary/aromatic N) is 5. The molecule has 0 amide bonds. The molecule has 3 heterocycles. The average Bonchev–Trinajstić information content (AvgIpc) is 3.07. The van der Waals surface area contributed by atoms with Crippen LogP contribution in [0.2, 0.25) is 0 Å². The number of rotatable bonds is 4. The van der Waals surface area contributed by atoms with Gasteiger partial charge in [-0.1, -0.05) is 11.3 Å². The summed E-state index contributed by atoms with van der Waals surface area (Å²) in [5.41, 5.74) is 2.63. The predicted octanol–water partition coefficient (Wildman–Crippen LogP) is 1.61. The summed E-state index contributed by atoms with van der Waals surface area (Å²) in [4.78, 5) is 18.2. The number of hydrogen-bond donors (Lipinski definition) is 0. The molecule has 23 heavy (non-hydrogen) atoms. The highest BCUT2D eigenvalue weighted by Gasteiger charge is 2.23. The Morgan fingerprint density at radius 3 is 2.87 bits per heavy atom. The lowest BCUT2D eigenvalue weighted by Crippen LogP contribution is -2.34. The number of esters is 1. The molecular formula is C16H21N5O2. The van der Waals surface area contributed by atoms with E-state index >= 15 is 0 Å². The molecule has 7 nitrogen and oxygen atoms in total. The summed E-state index contributed by atoms with van der Waals surface area (Å²) in [5, 5.41) is 7.95. The number of pyridine rings is 1. The van der Waals surface area contributed by atoms with E-state index in [9.17, 15) is 4.79 Å². The molecule has 0 bridgehead atoms. The van der Waals surface area contributed by atoms with Gasteiger partial charge < -0.3 is 4.74 Å². The molecule has 7 heteroatoms. The van der Waals surface area contributed by atoms with E-state index in [0.717, 1.165) is 38.2 Å². The van der Waals surface area contributed by atoms with Crippen molar-refractivity contribution >= 4 is 5.97 Å². The van der Waals surface area contributed by atoms with Gasteiger partial charge in [0.05, 0.1) is 19.3 Å². The van der Waals surface area contributed by atoms with Gasteiger partial charge in [-0.3, -0.25) is 9.88 Å². The monoisotopic (exact) mass is 315 g/mol. The maximum absolute atomic E-state index is 11.4. The van der Waals surface area contributed by atoms with Crippen molar-refractivity contribution in [3.8, 4) is 0 Å². The minimum atomic E-state index is -0.444. The molecule has 1 aliphatic heterocycles. The van der Waals surface area contributed by atoms with Crippen LogP contribution < -0.4 is 0 Å². The van der Waals surface area contributed by atoms with Gasteiger partial charge in [0.1, 0.15) is 0 Å². The van der Waals surface area contributed by atoms with Gasteiger partial charge in [-0.2, -0.15) is 0 Å². The van der Waals surface area contributed by atoms with Crippen LogP contribution in [-0.2, 0) is 11.3 Å². The Morgan fingerprint density at radius 2 is 2.17 bits per heavy atom. The summed E-state index contributed by atoms with van der Waals surface area (Å²) >= 11 is 0. The fraction of sp³-hybridized carbons (Fsp3) is 0.500. The van der Waals surface area contributed by atoms with Gasteiger partial charge in [-0.25, -0.2) is 9.48 Å². The minimum absolute atomic E-state index is 0.265. The number of piperidine rings is 1. The van der Waals surface area contributed by atoms with E-state index in [-0.39, 0.29) is 11.7 Å². The molecule has 122 valence electrons. The number of methoxy groups -OCH3 is 1. The predicted molar refractivity (Wildman–Crippen MR) is 83.9 cm³/mol. The van der Waals surface area contributed by atoms with Crippen LogP contribution >= 0.6 is 0 Å². The van der Waals surface area contributed by atoms with E-state index in [4.69, 9.17) is 0 Å². The first-order valence-corrected chi connectivity index (χ1v) is 7.80. The molecule has 0 aliphatic carbocycles. The van der Waals surface area contributed by atoms with Gasteiger partial charge in [0, 0.05) is 31.5 Å². The van der Waals surface area contributed by atoms with Gasteiger partial charge in [0.25, 0.3) is 0 Å². The number of carbonyl (C=O) groups excluding carboxylic acids is 1. The highest BCUT2D eigenvalue weighted by atomic mass is 16.5. The Balaban J connectivity index is 1.57. The van der Waals surface area contributed by atoms with Crippen LogP contribution in [0.15, 0.2) is 24.5 Å². The highest BCUT2D eigenvalue weighted by Crippen LogP contribution is 2.23. The third-order valence-corrected chi connectivity index (χ3v) is 4.35. The zero-order valence-electron chi connectivity index (χ0n) is 13.5. The molecule has 0 N–H and O–H groups in total. The van der Waals surface area contributed by atoms with Crippen LogP contribution in [0.3, 0.4) is 0 Å². The van der Waals surface area contributed by atoms with E-state index in [0.29, 0.717) is 0 Å². The molecule has 0 spiro atoms. The largest absolute Gasteiger partial charge is 0.464 e. The van der Waals surface area contributed by atoms with Crippen LogP contribution in [-0.4, -0.2) is 51.0 Å². The summed E-state index contributed by atoms with van der Waals surface area (Å²) in [6.45, 7) is 4.96. The second-order valence-corrected chi connectivity index (χ2v) is 5.83. The molecular weight excluding hydrogens is 294 g/mol. The molecule has 0 aromatic carbocycles. The van der Waals surface area contributed by atoms with Crippen molar-refractivity contribution in [1.29, 1.82) is 0 Å². The summed E-state index contributed by atoms with van der Waals surface area (Å²) in [6, 6.07) is 4.40. The molecule has 1 fully saturated rings. The fourth-order valence-corrected chi connectivity index (χ4v) is 2.92. The molecule has 0 radical (unpaired) electrons. The van der Waals surface area contributed by atoms with Crippen LogP contribution in [0.25, 0.3) is 0 Å². The lowest BCUT2D eigenvalue weighted by atomic mass is 10.0. The second-order valence-electron chi connectivity index (χ2n) is 5.83. The van der Waals surface area contributed by atoms with Crippen molar-refractivity contribution in [2.45, 2.75) is 32.4 Å². The van der Waals surface area contributed by atoms with Crippen LogP contribution in [0.4, 0.5) is 0 Å². The number of aryl methyl sites for hydroxylation is 1. The SMILES string of the molecule is COC(=O)c1cn(C2CCN(Cc3cccnc3C)CC2)nn1. The Kier molecular flexibility index (Phi) is 4.66. The number of aromatic nitrogens is 4. The van der Waals surface area contributed by atoms with Crippen LogP contribution in [0, 0.1) is 6.92 Å². The number of ether oxygens (including phenoxy) is 1. The summed E-state index contributed by atoms with van der Waals surface area (Å²) < 4.78 is 6.45. The van der Waals surface area contributed by atoms with E-state index in [1.54, 1.807) is 10.9 Å². The number of hydrogen-bond acceptors (Lipinski definition) is 6. The van der Waals surface area contributed by atoms with Gasteiger partial charge >= 0.3 is 5.97 Å². The Labute approximate surface area is 135 Å². The maximum atomic E-state index is 11.4. The quantitative estimate of drug-likeness (QED) is 0.798. The topological polar surface area (TPSA) is 73.1 Å². The van der Waals surface area contributed by atoms with Gasteiger partial charge in [0.2, 0.25) is 0 Å². The Bertz CT molecular complexity index is 677. The van der Waals surface area contributed by atoms with Crippen molar-refractivity contribution < 1.29 is 9.53 Å². The van der Waals surface area contributed by atoms with Crippen molar-refractivity contribution in [3.63, 3.8) is 0 Å². The second kappa shape index (κ2) is 6.87. The molecule has 2 aromatic heterocycles. The van der Waals surface area contributed by atoms with E-state index < -0.39 is 5.97 Å². The summed E-state index contributed by atoms with van der Waals surface area (Å²) in [7, 11) is 1.35. The van der Waals surface area contributed by atoms with Crippen molar-refractivity contribution in [1.82, 2.24) is 24.9 Å². The maximum Gasteiger partial charge on any atom is 0.360 e. The van der Waals surface area contributed by atoms with Crippen molar-refractivity contribution in [3.05, 3.63) is 41.5 Å². The Hall–Kier alpha value is -2.28. The van der Waals surface area contributed by atoms with Crippen molar-refractivity contribution in [2.75, 3.05) is 20.2 Å². The third kappa shape index (κ3) is 3.56.